The lowest BCUT2D eigenvalue weighted by molar-refractivity contribution is -0.147. The van der Waals surface area contributed by atoms with Crippen LogP contribution in [0.2, 0.25) is 5.02 Å². The topological polar surface area (TPSA) is 46.6 Å². The Balaban J connectivity index is 1.79. The molecule has 0 atom stereocenters. The number of ether oxygens (including phenoxy) is 1. The van der Waals surface area contributed by atoms with Crippen molar-refractivity contribution in [3.05, 3.63) is 70.8 Å². The fourth-order valence-corrected chi connectivity index (χ4v) is 2.79. The molecule has 0 N–H and O–H groups in total. The molecule has 0 heterocycles. The molecule has 0 bridgehead atoms. The van der Waals surface area contributed by atoms with Gasteiger partial charge in [0, 0.05) is 29.6 Å². The first-order valence-electron chi connectivity index (χ1n) is 7.95. The second-order valence-corrected chi connectivity index (χ2v) is 6.91. The van der Waals surface area contributed by atoms with Crippen molar-refractivity contribution >= 4 is 41.3 Å². The Bertz CT molecular complexity index is 790. The Labute approximate surface area is 162 Å². The van der Waals surface area contributed by atoms with Gasteiger partial charge in [0.2, 0.25) is 0 Å². The average molecular weight is 390 g/mol. The predicted octanol–water partition coefficient (Wildman–Crippen LogP) is 4.28. The molecule has 0 spiro atoms. The third-order valence-corrected chi connectivity index (χ3v) is 4.58. The van der Waals surface area contributed by atoms with Crippen molar-refractivity contribution in [1.82, 2.24) is 4.90 Å². The van der Waals surface area contributed by atoms with Crippen LogP contribution in [0.3, 0.4) is 0 Å². The molecule has 0 unspecified atom stereocenters. The molecule has 0 saturated heterocycles. The molecule has 2 aromatic rings. The number of benzene rings is 2. The van der Waals surface area contributed by atoms with E-state index in [4.69, 9.17) is 16.3 Å². The van der Waals surface area contributed by atoms with Crippen LogP contribution in [0.15, 0.2) is 59.5 Å². The van der Waals surface area contributed by atoms with Gasteiger partial charge < -0.3 is 9.64 Å². The molecule has 0 aromatic heterocycles. The molecule has 1 amide bonds. The highest BCUT2D eigenvalue weighted by atomic mass is 35.5. The number of amides is 1. The fraction of sp³-hybridized carbons (Fsp3) is 0.200. The van der Waals surface area contributed by atoms with Crippen molar-refractivity contribution in [2.75, 3.05) is 19.9 Å². The van der Waals surface area contributed by atoms with E-state index in [9.17, 15) is 9.59 Å². The smallest absolute Gasteiger partial charge is 0.331 e. The van der Waals surface area contributed by atoms with E-state index in [1.807, 2.05) is 42.7 Å². The summed E-state index contributed by atoms with van der Waals surface area (Å²) in [5.74, 6) is -0.834. The summed E-state index contributed by atoms with van der Waals surface area (Å²) in [6.07, 6.45) is 4.98. The Morgan fingerprint density at radius 3 is 2.58 bits per heavy atom. The van der Waals surface area contributed by atoms with Crippen LogP contribution in [-0.2, 0) is 20.9 Å². The minimum Gasteiger partial charge on any atom is -0.452 e. The van der Waals surface area contributed by atoms with E-state index in [0.717, 1.165) is 16.0 Å². The van der Waals surface area contributed by atoms with Crippen LogP contribution in [0, 0.1) is 0 Å². The van der Waals surface area contributed by atoms with E-state index < -0.39 is 5.97 Å². The number of likely N-dealkylation sites (N-methyl/N-ethyl adjacent to an activating group) is 1. The van der Waals surface area contributed by atoms with Gasteiger partial charge in [-0.05, 0) is 47.7 Å². The normalized spacial score (nSPS) is 10.7. The highest BCUT2D eigenvalue weighted by Crippen LogP contribution is 2.15. The zero-order chi connectivity index (χ0) is 18.9. The van der Waals surface area contributed by atoms with Crippen molar-refractivity contribution in [3.8, 4) is 0 Å². The molecule has 0 aliphatic rings. The first kappa shape index (κ1) is 20.1. The van der Waals surface area contributed by atoms with Gasteiger partial charge in [-0.2, -0.15) is 0 Å². The lowest BCUT2D eigenvalue weighted by Crippen LogP contribution is -2.30. The number of rotatable bonds is 7. The summed E-state index contributed by atoms with van der Waals surface area (Å²) in [6.45, 7) is 0.0974. The van der Waals surface area contributed by atoms with E-state index in [2.05, 4.69) is 0 Å². The molecule has 136 valence electrons. The molecule has 4 nitrogen and oxygen atoms in total. The van der Waals surface area contributed by atoms with Gasteiger partial charge in [-0.1, -0.05) is 35.9 Å². The average Bonchev–Trinajstić information content (AvgIpc) is 2.64. The third kappa shape index (κ3) is 6.58. The third-order valence-electron chi connectivity index (χ3n) is 3.60. The molecular weight excluding hydrogens is 370 g/mol. The molecule has 2 rings (SSSR count). The van der Waals surface area contributed by atoms with E-state index >= 15 is 0 Å². The molecule has 0 radical (unpaired) electrons. The number of carbonyl (C=O) groups is 2. The number of hydrogen-bond donors (Lipinski definition) is 0. The summed E-state index contributed by atoms with van der Waals surface area (Å²) in [7, 11) is 1.65. The largest absolute Gasteiger partial charge is 0.452 e. The Kier molecular flexibility index (Phi) is 7.75. The van der Waals surface area contributed by atoms with Crippen LogP contribution in [-0.4, -0.2) is 36.7 Å². The maximum absolute atomic E-state index is 12.1. The van der Waals surface area contributed by atoms with Crippen molar-refractivity contribution in [1.29, 1.82) is 0 Å². The van der Waals surface area contributed by atoms with E-state index in [1.54, 1.807) is 37.0 Å². The summed E-state index contributed by atoms with van der Waals surface area (Å²) in [5.41, 5.74) is 1.80. The van der Waals surface area contributed by atoms with E-state index in [0.29, 0.717) is 11.6 Å². The second-order valence-electron chi connectivity index (χ2n) is 5.59. The number of carbonyl (C=O) groups excluding carboxylic acids is 2. The molecule has 0 aliphatic carbocycles. The Morgan fingerprint density at radius 1 is 1.19 bits per heavy atom. The van der Waals surface area contributed by atoms with Gasteiger partial charge in [-0.15, -0.1) is 11.8 Å². The van der Waals surface area contributed by atoms with Crippen LogP contribution >= 0.6 is 23.4 Å². The van der Waals surface area contributed by atoms with Gasteiger partial charge in [0.25, 0.3) is 5.91 Å². The zero-order valence-corrected chi connectivity index (χ0v) is 16.2. The molecule has 26 heavy (non-hydrogen) atoms. The second kappa shape index (κ2) is 10.0. The van der Waals surface area contributed by atoms with Crippen LogP contribution in [0.25, 0.3) is 6.08 Å². The molecule has 2 aromatic carbocycles. The van der Waals surface area contributed by atoms with E-state index in [1.165, 1.54) is 11.0 Å². The minimum atomic E-state index is -0.552. The summed E-state index contributed by atoms with van der Waals surface area (Å²) in [4.78, 5) is 26.5. The Hall–Kier alpha value is -2.24. The minimum absolute atomic E-state index is 0.281. The monoisotopic (exact) mass is 389 g/mol. The van der Waals surface area contributed by atoms with Crippen molar-refractivity contribution in [2.24, 2.45) is 0 Å². The lowest BCUT2D eigenvalue weighted by Gasteiger charge is -2.17. The first-order valence-corrected chi connectivity index (χ1v) is 9.55. The summed E-state index contributed by atoms with van der Waals surface area (Å²) in [6, 6.07) is 15.1. The van der Waals surface area contributed by atoms with Crippen LogP contribution < -0.4 is 0 Å². The fourth-order valence-electron chi connectivity index (χ4n) is 2.17. The quantitative estimate of drug-likeness (QED) is 0.403. The molecule has 0 fully saturated rings. The number of esters is 1. The van der Waals surface area contributed by atoms with Crippen molar-refractivity contribution < 1.29 is 14.3 Å². The van der Waals surface area contributed by atoms with Gasteiger partial charge in [0.1, 0.15) is 0 Å². The molecule has 6 heteroatoms. The van der Waals surface area contributed by atoms with Gasteiger partial charge in [0.05, 0.1) is 0 Å². The molecule has 0 aliphatic heterocycles. The van der Waals surface area contributed by atoms with E-state index in [-0.39, 0.29) is 12.5 Å². The molecular formula is C20H20ClNO3S. The van der Waals surface area contributed by atoms with Crippen molar-refractivity contribution in [3.63, 3.8) is 0 Å². The maximum Gasteiger partial charge on any atom is 0.331 e. The van der Waals surface area contributed by atoms with Crippen LogP contribution in [0.5, 0.6) is 0 Å². The number of halogens is 1. The van der Waals surface area contributed by atoms with Gasteiger partial charge >= 0.3 is 5.97 Å². The SMILES string of the molecule is CSc1ccc(/C=C/C(=O)OCC(=O)N(C)Cc2cccc(Cl)c2)cc1. The summed E-state index contributed by atoms with van der Waals surface area (Å²) in [5, 5.41) is 0.616. The highest BCUT2D eigenvalue weighted by Gasteiger charge is 2.11. The maximum atomic E-state index is 12.1. The first-order chi connectivity index (χ1) is 12.5. The Morgan fingerprint density at radius 2 is 1.92 bits per heavy atom. The molecule has 0 saturated carbocycles. The predicted molar refractivity (Wildman–Crippen MR) is 106 cm³/mol. The van der Waals surface area contributed by atoms with Crippen LogP contribution in [0.4, 0.5) is 0 Å². The highest BCUT2D eigenvalue weighted by molar-refractivity contribution is 7.98. The van der Waals surface area contributed by atoms with Crippen molar-refractivity contribution in [2.45, 2.75) is 11.4 Å². The van der Waals surface area contributed by atoms with Crippen LogP contribution in [0.1, 0.15) is 11.1 Å². The van der Waals surface area contributed by atoms with Gasteiger partial charge in [-0.3, -0.25) is 4.79 Å². The lowest BCUT2D eigenvalue weighted by atomic mass is 10.2. The van der Waals surface area contributed by atoms with Gasteiger partial charge in [0.15, 0.2) is 6.61 Å². The number of nitrogens with zero attached hydrogens (tertiary/aromatic N) is 1. The number of thioether (sulfide) groups is 1. The number of hydrogen-bond acceptors (Lipinski definition) is 4. The van der Waals surface area contributed by atoms with Gasteiger partial charge in [-0.25, -0.2) is 4.79 Å². The summed E-state index contributed by atoms with van der Waals surface area (Å²) < 4.78 is 5.01. The summed E-state index contributed by atoms with van der Waals surface area (Å²) >= 11 is 7.58. The zero-order valence-electron chi connectivity index (χ0n) is 14.6. The standard InChI is InChI=1S/C20H20ClNO3S/c1-22(13-16-4-3-5-17(21)12-16)19(23)14-25-20(24)11-8-15-6-9-18(26-2)10-7-15/h3-12H,13-14H2,1-2H3/b11-8+.